The summed E-state index contributed by atoms with van der Waals surface area (Å²) in [6, 6.07) is 0. The van der Waals surface area contributed by atoms with Crippen LogP contribution in [-0.4, -0.2) is 11.0 Å². The van der Waals surface area contributed by atoms with Gasteiger partial charge in [0.05, 0.1) is 7.59 Å². The molecule has 0 aromatic rings. The molecular formula is C6H15Br3Si2. The lowest BCUT2D eigenvalue weighted by Crippen LogP contribution is -2.52. The number of halogens is 3. The minimum Gasteiger partial charge on any atom is -0.100 e. The first kappa shape index (κ1) is 12.9. The molecule has 0 aliphatic rings. The zero-order valence-electron chi connectivity index (χ0n) is 7.63. The molecular weight excluding hydrogens is 368 g/mol. The Kier molecular flexibility index (Phi) is 4.16. The Hall–Kier alpha value is 1.87. The van der Waals surface area contributed by atoms with E-state index in [4.69, 9.17) is 0 Å². The smallest absolute Gasteiger partial charge is 0.100 e. The molecule has 0 aliphatic heterocycles. The third-order valence-corrected chi connectivity index (χ3v) is 41.0. The molecule has 0 saturated carbocycles. The SMILES string of the molecule is CC(C)(C)[Si](C)(C)[Si](Br)(Br)Br. The van der Waals surface area contributed by atoms with Gasteiger partial charge in [0.1, 0.15) is 0 Å². The highest BCUT2D eigenvalue weighted by atomic mass is 80.0. The second-order valence-corrected chi connectivity index (χ2v) is 43.0. The van der Waals surface area contributed by atoms with Crippen LogP contribution >= 0.6 is 45.9 Å². The molecule has 0 unspecified atom stereocenters. The molecule has 0 aromatic heterocycles. The van der Waals surface area contributed by atoms with Gasteiger partial charge in [-0.3, -0.25) is 0 Å². The topological polar surface area (TPSA) is 0 Å². The lowest BCUT2D eigenvalue weighted by Gasteiger charge is -2.41. The van der Waals surface area contributed by atoms with Crippen LogP contribution in [0.25, 0.3) is 0 Å². The quantitative estimate of drug-likeness (QED) is 0.455. The number of hydrogen-bond acceptors (Lipinski definition) is 0. The van der Waals surface area contributed by atoms with E-state index in [9.17, 15) is 0 Å². The molecule has 0 fully saturated rings. The van der Waals surface area contributed by atoms with E-state index in [1.54, 1.807) is 0 Å². The van der Waals surface area contributed by atoms with E-state index in [1.807, 2.05) is 0 Å². The van der Waals surface area contributed by atoms with Gasteiger partial charge in [0, 0.05) is 0 Å². The summed E-state index contributed by atoms with van der Waals surface area (Å²) in [6.45, 7) is 11.8. The maximum absolute atomic E-state index is 3.77. The second kappa shape index (κ2) is 3.55. The molecule has 0 rings (SSSR count). The van der Waals surface area contributed by atoms with Crippen molar-refractivity contribution in [2.45, 2.75) is 38.9 Å². The van der Waals surface area contributed by atoms with Gasteiger partial charge in [-0.25, -0.2) is 0 Å². The van der Waals surface area contributed by atoms with Crippen LogP contribution in [0.5, 0.6) is 0 Å². The lowest BCUT2D eigenvalue weighted by atomic mass is 10.2. The number of hydrogen-bond donors (Lipinski definition) is 0. The Morgan fingerprint density at radius 3 is 1.18 bits per heavy atom. The van der Waals surface area contributed by atoms with Gasteiger partial charge in [-0.2, -0.15) is 0 Å². The Bertz CT molecular complexity index is 127. The van der Waals surface area contributed by atoms with Crippen LogP contribution in [0, 0.1) is 0 Å². The van der Waals surface area contributed by atoms with Crippen LogP contribution in [0.4, 0.5) is 0 Å². The monoisotopic (exact) mass is 380 g/mol. The van der Waals surface area contributed by atoms with Crippen LogP contribution < -0.4 is 0 Å². The van der Waals surface area contributed by atoms with Crippen molar-refractivity contribution >= 4 is 56.9 Å². The first-order chi connectivity index (χ1) is 4.50. The van der Waals surface area contributed by atoms with Crippen molar-refractivity contribution in [2.75, 3.05) is 0 Å². The molecule has 68 valence electrons. The van der Waals surface area contributed by atoms with E-state index < -0.39 is 11.0 Å². The average Bonchev–Trinajstić information content (AvgIpc) is 1.58. The van der Waals surface area contributed by atoms with Gasteiger partial charge in [-0.1, -0.05) is 33.9 Å². The number of rotatable bonds is 1. The van der Waals surface area contributed by atoms with Crippen molar-refractivity contribution in [3.8, 4) is 0 Å². The summed E-state index contributed by atoms with van der Waals surface area (Å²) in [5, 5.41) is 0.440. The maximum atomic E-state index is 3.77. The fourth-order valence-corrected chi connectivity index (χ4v) is 19.9. The van der Waals surface area contributed by atoms with Gasteiger partial charge < -0.3 is 0 Å². The van der Waals surface area contributed by atoms with Crippen molar-refractivity contribution in [3.63, 3.8) is 0 Å². The fraction of sp³-hybridized carbons (Fsp3) is 1.00. The Morgan fingerprint density at radius 1 is 0.909 bits per heavy atom. The Morgan fingerprint density at radius 2 is 1.18 bits per heavy atom. The maximum Gasteiger partial charge on any atom is 0.254 e. The summed E-state index contributed by atoms with van der Waals surface area (Å²) in [6.07, 6.45) is 0. The molecule has 11 heavy (non-hydrogen) atoms. The third-order valence-electron chi connectivity index (χ3n) is 2.58. The largest absolute Gasteiger partial charge is 0.254 e. The van der Waals surface area contributed by atoms with Crippen molar-refractivity contribution < 1.29 is 0 Å². The second-order valence-electron chi connectivity index (χ2n) is 4.37. The first-order valence-corrected chi connectivity index (χ1v) is 16.3. The first-order valence-electron chi connectivity index (χ1n) is 3.57. The predicted molar refractivity (Wildman–Crippen MR) is 69.7 cm³/mol. The van der Waals surface area contributed by atoms with Crippen LogP contribution in [-0.2, 0) is 0 Å². The third kappa shape index (κ3) is 2.93. The molecule has 0 radical (unpaired) electrons. The van der Waals surface area contributed by atoms with Gasteiger partial charge in [0.25, 0.3) is 3.45 Å². The Balaban J connectivity index is 4.75. The summed E-state index contributed by atoms with van der Waals surface area (Å²) in [4.78, 5) is 0. The highest BCUT2D eigenvalue weighted by Crippen LogP contribution is 2.49. The summed E-state index contributed by atoms with van der Waals surface area (Å²) in [7, 11) is -1.22. The van der Waals surface area contributed by atoms with Gasteiger partial charge in [-0.05, 0) is 5.04 Å². The average molecular weight is 383 g/mol. The molecule has 0 nitrogen and oxygen atoms in total. The zero-order chi connectivity index (χ0) is 9.50. The van der Waals surface area contributed by atoms with Crippen molar-refractivity contribution in [3.05, 3.63) is 0 Å². The van der Waals surface area contributed by atoms with E-state index in [0.29, 0.717) is 5.04 Å². The summed E-state index contributed by atoms with van der Waals surface area (Å²) in [5.41, 5.74) is 0. The van der Waals surface area contributed by atoms with Crippen LogP contribution in [0.15, 0.2) is 0 Å². The Labute approximate surface area is 95.1 Å². The van der Waals surface area contributed by atoms with Crippen LogP contribution in [0.2, 0.25) is 18.1 Å². The summed E-state index contributed by atoms with van der Waals surface area (Å²) in [5.74, 6) is 0. The molecule has 0 saturated heterocycles. The molecule has 0 N–H and O–H groups in total. The van der Waals surface area contributed by atoms with Gasteiger partial charge in [0.15, 0.2) is 0 Å². The zero-order valence-corrected chi connectivity index (χ0v) is 14.4. The van der Waals surface area contributed by atoms with Crippen molar-refractivity contribution in [2.24, 2.45) is 0 Å². The molecule has 0 bridgehead atoms. The van der Waals surface area contributed by atoms with Gasteiger partial charge in [0.2, 0.25) is 0 Å². The minimum absolute atomic E-state index is 0.440. The minimum atomic E-state index is -1.44. The molecule has 0 aliphatic carbocycles. The molecule has 0 aromatic carbocycles. The molecule has 0 spiro atoms. The van der Waals surface area contributed by atoms with Crippen molar-refractivity contribution in [1.82, 2.24) is 0 Å². The van der Waals surface area contributed by atoms with Crippen LogP contribution in [0.1, 0.15) is 20.8 Å². The van der Waals surface area contributed by atoms with E-state index in [1.165, 1.54) is 0 Å². The molecule has 0 atom stereocenters. The fourth-order valence-electron chi connectivity index (χ4n) is 0.425. The van der Waals surface area contributed by atoms with Gasteiger partial charge >= 0.3 is 0 Å². The van der Waals surface area contributed by atoms with Crippen molar-refractivity contribution in [1.29, 1.82) is 0 Å². The highest BCUT2D eigenvalue weighted by Gasteiger charge is 2.51. The summed E-state index contributed by atoms with van der Waals surface area (Å²) >= 11 is 11.3. The van der Waals surface area contributed by atoms with E-state index >= 15 is 0 Å². The highest BCUT2D eigenvalue weighted by molar-refractivity contribution is 9.74. The molecule has 0 amide bonds. The standard InChI is InChI=1S/C6H15Br3Si2/c1-6(2,3)10(4,5)11(7,8)9/h1-5H3. The summed E-state index contributed by atoms with van der Waals surface area (Å²) < 4.78 is -1.44. The normalized spacial score (nSPS) is 15.3. The molecule has 0 heterocycles. The molecule has 5 heteroatoms. The lowest BCUT2D eigenvalue weighted by molar-refractivity contribution is 0.735. The van der Waals surface area contributed by atoms with Gasteiger partial charge in [-0.15, -0.1) is 45.9 Å². The van der Waals surface area contributed by atoms with E-state index in [0.717, 1.165) is 0 Å². The van der Waals surface area contributed by atoms with E-state index in [2.05, 4.69) is 79.7 Å². The van der Waals surface area contributed by atoms with Crippen LogP contribution in [0.3, 0.4) is 0 Å². The van der Waals surface area contributed by atoms with E-state index in [-0.39, 0.29) is 0 Å². The predicted octanol–water partition coefficient (Wildman–Crippen LogP) is 4.70.